The standard InChI is InChI=1S/C21H28FN2O5S/c1-5-18(24(11-6-7-12-25)20(26)29-21(2,3)4)30(27,28)17-10-8-9-15-13-23-14-16(22)19(15)17/h5,8-10,13-14,18,25H,6-7,11-12H2,1-4H3/t18-/m0/s1. The summed E-state index contributed by atoms with van der Waals surface area (Å²) in [7, 11) is -4.20. The predicted octanol–water partition coefficient (Wildman–Crippen LogP) is 3.71. The summed E-state index contributed by atoms with van der Waals surface area (Å²) in [5.41, 5.74) is -0.828. The first kappa shape index (κ1) is 24.0. The minimum atomic E-state index is -4.20. The maximum atomic E-state index is 14.5. The smallest absolute Gasteiger partial charge is 0.411 e. The first-order valence-corrected chi connectivity index (χ1v) is 11.2. The van der Waals surface area contributed by atoms with E-state index in [2.05, 4.69) is 4.98 Å². The Labute approximate surface area is 176 Å². The Balaban J connectivity index is 2.55. The average molecular weight is 440 g/mol. The van der Waals surface area contributed by atoms with Crippen molar-refractivity contribution in [1.29, 1.82) is 0 Å². The molecule has 0 bridgehead atoms. The molecular formula is C21H28FN2O5S. The number of nitrogens with zero attached hydrogens (tertiary/aromatic N) is 2. The number of hydrogen-bond acceptors (Lipinski definition) is 6. The zero-order chi connectivity index (χ0) is 22.5. The zero-order valence-electron chi connectivity index (χ0n) is 17.6. The van der Waals surface area contributed by atoms with Crippen molar-refractivity contribution in [2.75, 3.05) is 13.2 Å². The third kappa shape index (κ3) is 5.46. The maximum absolute atomic E-state index is 14.5. The van der Waals surface area contributed by atoms with E-state index in [1.807, 2.05) is 0 Å². The van der Waals surface area contributed by atoms with Crippen LogP contribution < -0.4 is 0 Å². The number of aromatic nitrogens is 1. The molecule has 1 N–H and O–H groups in total. The van der Waals surface area contributed by atoms with Crippen LogP contribution >= 0.6 is 0 Å². The normalized spacial score (nSPS) is 13.3. The maximum Gasteiger partial charge on any atom is 0.411 e. The van der Waals surface area contributed by atoms with Crippen LogP contribution in [0.3, 0.4) is 0 Å². The number of unbranched alkanes of at least 4 members (excludes halogenated alkanes) is 1. The fourth-order valence-corrected chi connectivity index (χ4v) is 5.00. The lowest BCUT2D eigenvalue weighted by Gasteiger charge is -2.33. The Morgan fingerprint density at radius 2 is 2.00 bits per heavy atom. The topological polar surface area (TPSA) is 96.8 Å². The highest BCUT2D eigenvalue weighted by atomic mass is 32.2. The highest BCUT2D eigenvalue weighted by molar-refractivity contribution is 7.92. The molecule has 0 fully saturated rings. The number of sulfone groups is 1. The van der Waals surface area contributed by atoms with E-state index >= 15 is 0 Å². The van der Waals surface area contributed by atoms with Crippen molar-refractivity contribution in [3.05, 3.63) is 42.8 Å². The van der Waals surface area contributed by atoms with Gasteiger partial charge in [0.2, 0.25) is 9.84 Å². The van der Waals surface area contributed by atoms with Gasteiger partial charge in [0.05, 0.1) is 11.1 Å². The van der Waals surface area contributed by atoms with Crippen LogP contribution in [0.2, 0.25) is 0 Å². The molecule has 1 atom stereocenters. The molecule has 1 radical (unpaired) electrons. The van der Waals surface area contributed by atoms with E-state index in [-0.39, 0.29) is 23.4 Å². The van der Waals surface area contributed by atoms with Gasteiger partial charge in [-0.2, -0.15) is 0 Å². The highest BCUT2D eigenvalue weighted by Crippen LogP contribution is 2.30. The lowest BCUT2D eigenvalue weighted by Crippen LogP contribution is -2.47. The second kappa shape index (κ2) is 9.70. The van der Waals surface area contributed by atoms with E-state index in [9.17, 15) is 17.6 Å². The number of halogens is 1. The summed E-state index contributed by atoms with van der Waals surface area (Å²) in [4.78, 5) is 17.5. The number of benzene rings is 1. The fraction of sp³-hybridized carbons (Fsp3) is 0.476. The van der Waals surface area contributed by atoms with Gasteiger partial charge < -0.3 is 9.84 Å². The summed E-state index contributed by atoms with van der Waals surface area (Å²) in [5.74, 6) is -0.759. The van der Waals surface area contributed by atoms with Crippen molar-refractivity contribution in [3.63, 3.8) is 0 Å². The Hall–Kier alpha value is -2.26. The van der Waals surface area contributed by atoms with Crippen LogP contribution in [0.25, 0.3) is 10.8 Å². The van der Waals surface area contributed by atoms with Gasteiger partial charge in [-0.3, -0.25) is 9.88 Å². The third-order valence-electron chi connectivity index (χ3n) is 4.35. The van der Waals surface area contributed by atoms with E-state index in [0.29, 0.717) is 18.2 Å². The molecule has 1 aromatic carbocycles. The number of ether oxygens (including phenoxy) is 1. The fourth-order valence-electron chi connectivity index (χ4n) is 3.09. The van der Waals surface area contributed by atoms with Gasteiger partial charge in [-0.1, -0.05) is 19.1 Å². The van der Waals surface area contributed by atoms with Crippen LogP contribution in [0.5, 0.6) is 0 Å². The Kier molecular flexibility index (Phi) is 7.76. The number of fused-ring (bicyclic) bond motifs is 1. The van der Waals surface area contributed by atoms with Crippen LogP contribution in [0.15, 0.2) is 35.5 Å². The largest absolute Gasteiger partial charge is 0.444 e. The SMILES string of the molecule is C[CH][C@@H](N(CCCCO)C(=O)OC(C)(C)C)S(=O)(=O)c1cccc2cncc(F)c12. The van der Waals surface area contributed by atoms with Crippen LogP contribution in [0.1, 0.15) is 40.5 Å². The Morgan fingerprint density at radius 1 is 1.30 bits per heavy atom. The van der Waals surface area contributed by atoms with Crippen LogP contribution in [-0.2, 0) is 14.6 Å². The molecule has 0 aliphatic rings. The van der Waals surface area contributed by atoms with Gasteiger partial charge >= 0.3 is 6.09 Å². The average Bonchev–Trinajstić information content (AvgIpc) is 2.65. The molecule has 1 amide bonds. The summed E-state index contributed by atoms with van der Waals surface area (Å²) in [6.07, 6.45) is 3.69. The molecule has 1 aromatic heterocycles. The number of aliphatic hydroxyl groups excluding tert-OH is 1. The summed E-state index contributed by atoms with van der Waals surface area (Å²) >= 11 is 0. The molecule has 0 saturated heterocycles. The molecule has 0 unspecified atom stereocenters. The summed E-state index contributed by atoms with van der Waals surface area (Å²) in [5, 5.41) is 7.98. The van der Waals surface area contributed by atoms with Gasteiger partial charge in [0.1, 0.15) is 11.0 Å². The first-order valence-electron chi connectivity index (χ1n) is 9.69. The van der Waals surface area contributed by atoms with Crippen molar-refractivity contribution < 1.29 is 27.4 Å². The van der Waals surface area contributed by atoms with Gasteiger partial charge in [-0.25, -0.2) is 17.6 Å². The van der Waals surface area contributed by atoms with Gasteiger partial charge in [-0.15, -0.1) is 0 Å². The minimum Gasteiger partial charge on any atom is -0.444 e. The van der Waals surface area contributed by atoms with E-state index in [1.165, 1.54) is 31.7 Å². The van der Waals surface area contributed by atoms with Crippen molar-refractivity contribution in [3.8, 4) is 0 Å². The molecule has 2 aromatic rings. The second-order valence-corrected chi connectivity index (χ2v) is 9.86. The number of rotatable bonds is 8. The molecule has 7 nitrogen and oxygen atoms in total. The Bertz CT molecular complexity index is 983. The van der Waals surface area contributed by atoms with Gasteiger partial charge in [0.25, 0.3) is 0 Å². The highest BCUT2D eigenvalue weighted by Gasteiger charge is 2.37. The van der Waals surface area contributed by atoms with E-state index < -0.39 is 32.7 Å². The zero-order valence-corrected chi connectivity index (χ0v) is 18.4. The van der Waals surface area contributed by atoms with Crippen molar-refractivity contribution in [2.45, 2.75) is 56.4 Å². The van der Waals surface area contributed by atoms with Crippen molar-refractivity contribution in [1.82, 2.24) is 9.88 Å². The molecule has 0 aliphatic heterocycles. The van der Waals surface area contributed by atoms with Crippen LogP contribution in [0, 0.1) is 12.2 Å². The number of aliphatic hydroxyl groups is 1. The van der Waals surface area contributed by atoms with Gasteiger partial charge in [-0.05, 0) is 46.1 Å². The van der Waals surface area contributed by atoms with Gasteiger partial charge in [0, 0.05) is 30.1 Å². The number of amides is 1. The molecule has 0 saturated carbocycles. The summed E-state index contributed by atoms with van der Waals surface area (Å²) in [6, 6.07) is 4.40. The molecule has 9 heteroatoms. The van der Waals surface area contributed by atoms with Crippen molar-refractivity contribution >= 4 is 26.7 Å². The van der Waals surface area contributed by atoms with Crippen molar-refractivity contribution in [2.24, 2.45) is 0 Å². The second-order valence-electron chi connectivity index (χ2n) is 7.85. The van der Waals surface area contributed by atoms with E-state index in [0.717, 1.165) is 11.1 Å². The monoisotopic (exact) mass is 439 g/mol. The predicted molar refractivity (Wildman–Crippen MR) is 112 cm³/mol. The van der Waals surface area contributed by atoms with E-state index in [1.54, 1.807) is 26.8 Å². The van der Waals surface area contributed by atoms with Gasteiger partial charge in [0.15, 0.2) is 5.82 Å². The first-order chi connectivity index (χ1) is 14.0. The molecule has 0 spiro atoms. The molecule has 165 valence electrons. The molecular weight excluding hydrogens is 411 g/mol. The molecule has 0 aliphatic carbocycles. The Morgan fingerprint density at radius 3 is 2.60 bits per heavy atom. The van der Waals surface area contributed by atoms with Crippen LogP contribution in [0.4, 0.5) is 9.18 Å². The number of carbonyl (C=O) groups is 1. The summed E-state index contributed by atoms with van der Waals surface area (Å²) < 4.78 is 47.0. The molecule has 1 heterocycles. The number of pyridine rings is 1. The lowest BCUT2D eigenvalue weighted by atomic mass is 10.2. The number of carbonyl (C=O) groups excluding carboxylic acids is 1. The van der Waals surface area contributed by atoms with E-state index in [4.69, 9.17) is 9.84 Å². The molecule has 2 rings (SSSR count). The lowest BCUT2D eigenvalue weighted by molar-refractivity contribution is 0.0233. The summed E-state index contributed by atoms with van der Waals surface area (Å²) in [6.45, 7) is 6.54. The van der Waals surface area contributed by atoms with Crippen LogP contribution in [-0.4, -0.2) is 53.6 Å². The molecule has 30 heavy (non-hydrogen) atoms. The third-order valence-corrected chi connectivity index (χ3v) is 6.47. The quantitative estimate of drug-likeness (QED) is 0.630. The minimum absolute atomic E-state index is 0.0541. The number of hydrogen-bond donors (Lipinski definition) is 1.